The molecule has 1 amide bonds. The summed E-state index contributed by atoms with van der Waals surface area (Å²) in [5.74, 6) is 0.280. The van der Waals surface area contributed by atoms with Gasteiger partial charge in [-0.1, -0.05) is 30.7 Å². The van der Waals surface area contributed by atoms with E-state index in [4.69, 9.17) is 0 Å². The van der Waals surface area contributed by atoms with E-state index in [-0.39, 0.29) is 5.91 Å². The molecule has 1 N–H and O–H groups in total. The second kappa shape index (κ2) is 7.35. The number of carbonyl (C=O) groups excluding carboxylic acids is 1. The Kier molecular flexibility index (Phi) is 4.99. The first-order chi connectivity index (χ1) is 10.8. The molecule has 1 fully saturated rings. The summed E-state index contributed by atoms with van der Waals surface area (Å²) in [4.78, 5) is 15.9. The van der Waals surface area contributed by atoms with Gasteiger partial charge in [0.15, 0.2) is 0 Å². The molecule has 1 aliphatic rings. The lowest BCUT2D eigenvalue weighted by molar-refractivity contribution is -0.118. The highest BCUT2D eigenvalue weighted by atomic mass is 32.2. The summed E-state index contributed by atoms with van der Waals surface area (Å²) in [5, 5.41) is 15.4. The quantitative estimate of drug-likeness (QED) is 0.814. The molecule has 0 aromatic carbocycles. The largest absolute Gasteiger partial charge is 0.351 e. The van der Waals surface area contributed by atoms with Crippen LogP contribution in [0, 0.1) is 0 Å². The lowest BCUT2D eigenvalue weighted by Gasteiger charge is -2.10. The number of rotatable bonds is 6. The summed E-state index contributed by atoms with van der Waals surface area (Å²) in [5.41, 5.74) is 0.983. The molecule has 0 spiro atoms. The van der Waals surface area contributed by atoms with Crippen LogP contribution in [0.25, 0.3) is 0 Å². The maximum atomic E-state index is 11.9. The average molecular weight is 318 g/mol. The van der Waals surface area contributed by atoms with Crippen LogP contribution in [0.2, 0.25) is 0 Å². The molecule has 0 atom stereocenters. The first kappa shape index (κ1) is 15.0. The Morgan fingerprint density at radius 1 is 1.41 bits per heavy atom. The maximum absolute atomic E-state index is 11.9. The van der Waals surface area contributed by atoms with Crippen LogP contribution in [-0.4, -0.2) is 36.9 Å². The SMILES string of the molecule is O=C(CSc1nnnn1C1CCCC1)NCc1cccnc1. The predicted molar refractivity (Wildman–Crippen MR) is 82.1 cm³/mol. The van der Waals surface area contributed by atoms with Gasteiger partial charge in [0.1, 0.15) is 0 Å². The van der Waals surface area contributed by atoms with Crippen molar-refractivity contribution >= 4 is 17.7 Å². The number of nitrogens with zero attached hydrogens (tertiary/aromatic N) is 5. The fraction of sp³-hybridized carbons (Fsp3) is 0.500. The van der Waals surface area contributed by atoms with Gasteiger partial charge in [0.05, 0.1) is 11.8 Å². The standard InChI is InChI=1S/C14H18N6OS/c21-13(16-9-11-4-3-7-15-8-11)10-22-14-17-18-19-20(14)12-5-1-2-6-12/h3-4,7-8,12H,1-2,5-6,9-10H2,(H,16,21). The molecule has 1 aliphatic carbocycles. The van der Waals surface area contributed by atoms with Gasteiger partial charge < -0.3 is 5.32 Å². The van der Waals surface area contributed by atoms with Crippen molar-refractivity contribution in [2.45, 2.75) is 43.4 Å². The van der Waals surface area contributed by atoms with E-state index < -0.39 is 0 Å². The molecule has 1 saturated carbocycles. The van der Waals surface area contributed by atoms with Crippen molar-refractivity contribution < 1.29 is 4.79 Å². The minimum atomic E-state index is -0.0326. The first-order valence-corrected chi connectivity index (χ1v) is 8.38. The Morgan fingerprint density at radius 3 is 3.05 bits per heavy atom. The van der Waals surface area contributed by atoms with Gasteiger partial charge in [0, 0.05) is 18.9 Å². The minimum Gasteiger partial charge on any atom is -0.351 e. The van der Waals surface area contributed by atoms with Crippen LogP contribution in [0.4, 0.5) is 0 Å². The van der Waals surface area contributed by atoms with Crippen molar-refractivity contribution in [2.24, 2.45) is 0 Å². The number of aromatic nitrogens is 5. The molecule has 8 heteroatoms. The minimum absolute atomic E-state index is 0.0326. The number of hydrogen-bond donors (Lipinski definition) is 1. The highest BCUT2D eigenvalue weighted by Crippen LogP contribution is 2.31. The number of thioether (sulfide) groups is 1. The Hall–Kier alpha value is -1.96. The highest BCUT2D eigenvalue weighted by Gasteiger charge is 2.21. The van der Waals surface area contributed by atoms with E-state index >= 15 is 0 Å². The van der Waals surface area contributed by atoms with E-state index in [2.05, 4.69) is 25.8 Å². The Bertz CT molecular complexity index is 611. The van der Waals surface area contributed by atoms with Gasteiger partial charge in [-0.25, -0.2) is 4.68 Å². The lowest BCUT2D eigenvalue weighted by Crippen LogP contribution is -2.24. The summed E-state index contributed by atoms with van der Waals surface area (Å²) in [7, 11) is 0. The zero-order chi connectivity index (χ0) is 15.2. The topological polar surface area (TPSA) is 85.6 Å². The molecular weight excluding hydrogens is 300 g/mol. The number of amides is 1. The van der Waals surface area contributed by atoms with Crippen molar-refractivity contribution in [1.82, 2.24) is 30.5 Å². The van der Waals surface area contributed by atoms with E-state index in [0.29, 0.717) is 18.3 Å². The van der Waals surface area contributed by atoms with Crippen molar-refractivity contribution in [2.75, 3.05) is 5.75 Å². The van der Waals surface area contributed by atoms with Crippen LogP contribution >= 0.6 is 11.8 Å². The van der Waals surface area contributed by atoms with Crippen LogP contribution < -0.4 is 5.32 Å². The lowest BCUT2D eigenvalue weighted by atomic mass is 10.3. The second-order valence-corrected chi connectivity index (χ2v) is 6.21. The Labute approximate surface area is 132 Å². The predicted octanol–water partition coefficient (Wildman–Crippen LogP) is 1.59. The zero-order valence-electron chi connectivity index (χ0n) is 12.2. The van der Waals surface area contributed by atoms with Crippen LogP contribution in [0.5, 0.6) is 0 Å². The average Bonchev–Trinajstić information content (AvgIpc) is 3.22. The molecule has 2 heterocycles. The van der Waals surface area contributed by atoms with Crippen molar-refractivity contribution in [1.29, 1.82) is 0 Å². The van der Waals surface area contributed by atoms with Crippen molar-refractivity contribution in [3.63, 3.8) is 0 Å². The Morgan fingerprint density at radius 2 is 2.27 bits per heavy atom. The molecule has 0 saturated heterocycles. The van der Waals surface area contributed by atoms with Gasteiger partial charge in [-0.15, -0.1) is 5.10 Å². The van der Waals surface area contributed by atoms with E-state index in [1.165, 1.54) is 24.6 Å². The molecule has 0 unspecified atom stereocenters. The van der Waals surface area contributed by atoms with E-state index in [0.717, 1.165) is 23.6 Å². The van der Waals surface area contributed by atoms with Crippen LogP contribution in [-0.2, 0) is 11.3 Å². The number of nitrogens with one attached hydrogen (secondary N) is 1. The molecule has 116 valence electrons. The Balaban J connectivity index is 1.48. The monoisotopic (exact) mass is 318 g/mol. The maximum Gasteiger partial charge on any atom is 0.230 e. The van der Waals surface area contributed by atoms with Crippen LogP contribution in [0.1, 0.15) is 37.3 Å². The molecule has 2 aromatic heterocycles. The van der Waals surface area contributed by atoms with Gasteiger partial charge in [0.25, 0.3) is 0 Å². The molecule has 0 aliphatic heterocycles. The normalized spacial score (nSPS) is 15.1. The van der Waals surface area contributed by atoms with E-state index in [1.807, 2.05) is 16.8 Å². The third-order valence-corrected chi connectivity index (χ3v) is 4.61. The summed E-state index contributed by atoms with van der Waals surface area (Å²) in [6, 6.07) is 4.17. The molecule has 0 bridgehead atoms. The zero-order valence-corrected chi connectivity index (χ0v) is 13.0. The van der Waals surface area contributed by atoms with Gasteiger partial charge in [0.2, 0.25) is 11.1 Å². The molecule has 7 nitrogen and oxygen atoms in total. The van der Waals surface area contributed by atoms with Gasteiger partial charge in [-0.3, -0.25) is 9.78 Å². The van der Waals surface area contributed by atoms with Crippen LogP contribution in [0.15, 0.2) is 29.7 Å². The van der Waals surface area contributed by atoms with Crippen molar-refractivity contribution in [3.8, 4) is 0 Å². The number of hydrogen-bond acceptors (Lipinski definition) is 6. The fourth-order valence-corrected chi connectivity index (χ4v) is 3.32. The fourth-order valence-electron chi connectivity index (χ4n) is 2.54. The van der Waals surface area contributed by atoms with Crippen molar-refractivity contribution in [3.05, 3.63) is 30.1 Å². The number of carbonyl (C=O) groups is 1. The molecule has 0 radical (unpaired) electrons. The summed E-state index contributed by atoms with van der Waals surface area (Å²) < 4.78 is 1.87. The summed E-state index contributed by atoms with van der Waals surface area (Å²) in [6.45, 7) is 0.487. The molecule has 2 aromatic rings. The number of tetrazole rings is 1. The first-order valence-electron chi connectivity index (χ1n) is 7.39. The smallest absolute Gasteiger partial charge is 0.230 e. The molecular formula is C14H18N6OS. The van der Waals surface area contributed by atoms with E-state index in [1.54, 1.807) is 12.4 Å². The van der Waals surface area contributed by atoms with Crippen LogP contribution in [0.3, 0.4) is 0 Å². The van der Waals surface area contributed by atoms with Gasteiger partial charge in [-0.05, 0) is 34.9 Å². The molecule has 3 rings (SSSR count). The highest BCUT2D eigenvalue weighted by molar-refractivity contribution is 7.99. The summed E-state index contributed by atoms with van der Waals surface area (Å²) in [6.07, 6.45) is 8.14. The van der Waals surface area contributed by atoms with E-state index in [9.17, 15) is 4.79 Å². The van der Waals surface area contributed by atoms with Gasteiger partial charge in [-0.2, -0.15) is 0 Å². The van der Waals surface area contributed by atoms with Gasteiger partial charge >= 0.3 is 0 Å². The third-order valence-electron chi connectivity index (χ3n) is 3.68. The number of pyridine rings is 1. The molecule has 22 heavy (non-hydrogen) atoms. The summed E-state index contributed by atoms with van der Waals surface area (Å²) >= 11 is 1.38. The third kappa shape index (κ3) is 3.82. The second-order valence-electron chi connectivity index (χ2n) is 5.27.